The molecular weight excluding hydrogens is 246 g/mol. The van der Waals surface area contributed by atoms with Gasteiger partial charge in [-0.25, -0.2) is 9.48 Å². The lowest BCUT2D eigenvalue weighted by Gasteiger charge is -2.07. The van der Waals surface area contributed by atoms with E-state index in [1.807, 2.05) is 13.8 Å². The monoisotopic (exact) mass is 263 g/mol. The summed E-state index contributed by atoms with van der Waals surface area (Å²) in [6.07, 6.45) is 1.39. The Kier molecular flexibility index (Phi) is 3.42. The van der Waals surface area contributed by atoms with E-state index in [0.29, 0.717) is 16.7 Å². The Morgan fingerprint density at radius 1 is 1.53 bits per heavy atom. The molecular formula is C13H17N3O3. The number of aryl methyl sites for hydroxylation is 1. The second-order valence-corrected chi connectivity index (χ2v) is 4.60. The van der Waals surface area contributed by atoms with Crippen LogP contribution < -0.4 is 5.43 Å². The highest BCUT2D eigenvalue weighted by Gasteiger charge is 2.19. The van der Waals surface area contributed by atoms with E-state index in [-0.39, 0.29) is 23.6 Å². The predicted octanol–water partition coefficient (Wildman–Crippen LogP) is 1.79. The third-order valence-electron chi connectivity index (χ3n) is 2.89. The number of rotatable bonds is 3. The summed E-state index contributed by atoms with van der Waals surface area (Å²) in [5.41, 5.74) is 0.916. The van der Waals surface area contributed by atoms with Gasteiger partial charge in [-0.3, -0.25) is 4.79 Å². The van der Waals surface area contributed by atoms with Gasteiger partial charge in [0.05, 0.1) is 17.7 Å². The summed E-state index contributed by atoms with van der Waals surface area (Å²) < 4.78 is 6.60. The fourth-order valence-electron chi connectivity index (χ4n) is 2.03. The van der Waals surface area contributed by atoms with Crippen molar-refractivity contribution in [3.63, 3.8) is 0 Å². The van der Waals surface area contributed by atoms with Gasteiger partial charge < -0.3 is 9.72 Å². The maximum atomic E-state index is 12.3. The van der Waals surface area contributed by atoms with E-state index in [2.05, 4.69) is 10.1 Å². The summed E-state index contributed by atoms with van der Waals surface area (Å²) in [5, 5.41) is 4.77. The van der Waals surface area contributed by atoms with Crippen LogP contribution in [0.2, 0.25) is 0 Å². The minimum absolute atomic E-state index is 0.0146. The van der Waals surface area contributed by atoms with Crippen LogP contribution in [0.25, 0.3) is 11.0 Å². The van der Waals surface area contributed by atoms with E-state index in [1.54, 1.807) is 18.5 Å². The number of pyridine rings is 1. The van der Waals surface area contributed by atoms with Crippen molar-refractivity contribution in [2.24, 2.45) is 0 Å². The first-order chi connectivity index (χ1) is 8.97. The Hall–Kier alpha value is -2.11. The number of hydrogen-bond donors (Lipinski definition) is 1. The number of ether oxygens (including phenoxy) is 1. The Morgan fingerprint density at radius 3 is 2.79 bits per heavy atom. The third kappa shape index (κ3) is 2.14. The number of carbonyl (C=O) groups excluding carboxylic acids is 1. The van der Waals surface area contributed by atoms with E-state index in [4.69, 9.17) is 4.74 Å². The van der Waals surface area contributed by atoms with Gasteiger partial charge >= 0.3 is 5.97 Å². The van der Waals surface area contributed by atoms with Crippen LogP contribution >= 0.6 is 0 Å². The molecule has 6 nitrogen and oxygen atoms in total. The van der Waals surface area contributed by atoms with Crippen molar-refractivity contribution in [2.45, 2.75) is 33.7 Å². The van der Waals surface area contributed by atoms with Crippen molar-refractivity contribution in [2.75, 3.05) is 6.61 Å². The molecule has 19 heavy (non-hydrogen) atoms. The molecule has 0 saturated carbocycles. The number of carbonyl (C=O) groups is 1. The average Bonchev–Trinajstić information content (AvgIpc) is 2.68. The number of H-pyrrole nitrogens is 1. The summed E-state index contributed by atoms with van der Waals surface area (Å²) in [6, 6.07) is 0.125. The van der Waals surface area contributed by atoms with Gasteiger partial charge in [0, 0.05) is 12.2 Å². The maximum absolute atomic E-state index is 12.3. The highest BCUT2D eigenvalue weighted by molar-refractivity contribution is 5.93. The van der Waals surface area contributed by atoms with Crippen LogP contribution in [0.15, 0.2) is 11.0 Å². The first kappa shape index (κ1) is 13.3. The minimum Gasteiger partial charge on any atom is -0.462 e. The molecule has 0 bridgehead atoms. The molecule has 1 N–H and O–H groups in total. The molecule has 0 aliphatic heterocycles. The fraction of sp³-hybridized carbons (Fsp3) is 0.462. The maximum Gasteiger partial charge on any atom is 0.343 e. The molecule has 0 saturated heterocycles. The number of fused-ring (bicyclic) bond motifs is 1. The molecule has 2 aromatic rings. The summed E-state index contributed by atoms with van der Waals surface area (Å²) in [6.45, 7) is 7.64. The van der Waals surface area contributed by atoms with Gasteiger partial charge in [0.1, 0.15) is 11.2 Å². The number of aromatic nitrogens is 3. The minimum atomic E-state index is -0.609. The zero-order chi connectivity index (χ0) is 14.2. The van der Waals surface area contributed by atoms with Gasteiger partial charge in [-0.1, -0.05) is 0 Å². The number of hydrogen-bond acceptors (Lipinski definition) is 4. The zero-order valence-electron chi connectivity index (χ0n) is 11.5. The topological polar surface area (TPSA) is 77.0 Å². The SMILES string of the molecule is CCOC(=O)c1c[nH]c2c(c(C)nn2C(C)C)c1=O. The fourth-order valence-corrected chi connectivity index (χ4v) is 2.03. The van der Waals surface area contributed by atoms with Crippen LogP contribution in [0.3, 0.4) is 0 Å². The molecule has 2 heterocycles. The number of nitrogens with zero attached hydrogens (tertiary/aromatic N) is 2. The molecule has 0 atom stereocenters. The highest BCUT2D eigenvalue weighted by atomic mass is 16.5. The molecule has 0 spiro atoms. The van der Waals surface area contributed by atoms with Crippen LogP contribution in [0.4, 0.5) is 0 Å². The summed E-state index contributed by atoms with van der Waals surface area (Å²) in [5.74, 6) is -0.609. The van der Waals surface area contributed by atoms with Gasteiger partial charge in [-0.05, 0) is 27.7 Å². The quantitative estimate of drug-likeness (QED) is 0.856. The van der Waals surface area contributed by atoms with Crippen molar-refractivity contribution in [3.8, 4) is 0 Å². The lowest BCUT2D eigenvalue weighted by Crippen LogP contribution is -2.18. The van der Waals surface area contributed by atoms with Crippen molar-refractivity contribution < 1.29 is 9.53 Å². The van der Waals surface area contributed by atoms with Gasteiger partial charge in [-0.15, -0.1) is 0 Å². The van der Waals surface area contributed by atoms with Gasteiger partial charge in [-0.2, -0.15) is 5.10 Å². The van der Waals surface area contributed by atoms with Crippen molar-refractivity contribution in [1.82, 2.24) is 14.8 Å². The molecule has 2 rings (SSSR count). The van der Waals surface area contributed by atoms with Crippen molar-refractivity contribution in [3.05, 3.63) is 27.7 Å². The summed E-state index contributed by atoms with van der Waals surface area (Å²) >= 11 is 0. The normalized spacial score (nSPS) is 11.2. The standard InChI is InChI=1S/C13H17N3O3/c1-5-19-13(18)9-6-14-12-10(11(9)17)8(4)15-16(12)7(2)3/h6-7H,5H2,1-4H3,(H,14,17). The largest absolute Gasteiger partial charge is 0.462 e. The Morgan fingerprint density at radius 2 is 2.21 bits per heavy atom. The molecule has 0 unspecified atom stereocenters. The van der Waals surface area contributed by atoms with E-state index >= 15 is 0 Å². The van der Waals surface area contributed by atoms with Gasteiger partial charge in [0.2, 0.25) is 5.43 Å². The second kappa shape index (κ2) is 4.87. The molecule has 0 aliphatic rings. The Labute approximate surface area is 110 Å². The van der Waals surface area contributed by atoms with E-state index in [1.165, 1.54) is 6.20 Å². The van der Waals surface area contributed by atoms with Crippen molar-refractivity contribution >= 4 is 17.0 Å². The first-order valence-corrected chi connectivity index (χ1v) is 6.25. The summed E-state index contributed by atoms with van der Waals surface area (Å²) in [4.78, 5) is 27.0. The van der Waals surface area contributed by atoms with Gasteiger partial charge in [0.25, 0.3) is 0 Å². The molecule has 0 aliphatic carbocycles. The number of aromatic amines is 1. The Bertz CT molecular complexity index is 682. The van der Waals surface area contributed by atoms with Crippen LogP contribution in [-0.2, 0) is 4.74 Å². The Balaban J connectivity index is 2.69. The molecule has 0 fully saturated rings. The summed E-state index contributed by atoms with van der Waals surface area (Å²) in [7, 11) is 0. The van der Waals surface area contributed by atoms with Crippen LogP contribution in [0.1, 0.15) is 42.9 Å². The molecule has 102 valence electrons. The molecule has 6 heteroatoms. The highest BCUT2D eigenvalue weighted by Crippen LogP contribution is 2.17. The lowest BCUT2D eigenvalue weighted by molar-refractivity contribution is 0.0524. The number of nitrogens with one attached hydrogen (secondary N) is 1. The average molecular weight is 263 g/mol. The lowest BCUT2D eigenvalue weighted by atomic mass is 10.2. The molecule has 0 amide bonds. The van der Waals surface area contributed by atoms with Crippen molar-refractivity contribution in [1.29, 1.82) is 0 Å². The van der Waals surface area contributed by atoms with Crippen LogP contribution in [0, 0.1) is 6.92 Å². The third-order valence-corrected chi connectivity index (χ3v) is 2.89. The zero-order valence-corrected chi connectivity index (χ0v) is 11.5. The van der Waals surface area contributed by atoms with E-state index in [0.717, 1.165) is 0 Å². The van der Waals surface area contributed by atoms with Crippen LogP contribution in [-0.4, -0.2) is 27.3 Å². The number of esters is 1. The van der Waals surface area contributed by atoms with E-state index < -0.39 is 5.97 Å². The molecule has 2 aromatic heterocycles. The first-order valence-electron chi connectivity index (χ1n) is 6.25. The van der Waals surface area contributed by atoms with Gasteiger partial charge in [0.15, 0.2) is 0 Å². The van der Waals surface area contributed by atoms with Crippen LogP contribution in [0.5, 0.6) is 0 Å². The second-order valence-electron chi connectivity index (χ2n) is 4.60. The predicted molar refractivity (Wildman–Crippen MR) is 71.4 cm³/mol. The molecule has 0 aromatic carbocycles. The smallest absolute Gasteiger partial charge is 0.343 e. The van der Waals surface area contributed by atoms with E-state index in [9.17, 15) is 9.59 Å². The molecule has 0 radical (unpaired) electrons.